The number of Topliss-reactive ketones (excluding diaryl/α,β-unsaturated/α-hetero) is 1. The zero-order valence-electron chi connectivity index (χ0n) is 12.3. The van der Waals surface area contributed by atoms with Crippen LogP contribution in [0.15, 0.2) is 0 Å². The molecule has 1 aliphatic carbocycles. The minimum absolute atomic E-state index is 0.129. The van der Waals surface area contributed by atoms with Crippen LogP contribution in [0, 0.1) is 11.8 Å². The molecule has 0 unspecified atom stereocenters. The average Bonchev–Trinajstić information content (AvgIpc) is 2.38. The van der Waals surface area contributed by atoms with Crippen molar-refractivity contribution in [1.82, 2.24) is 0 Å². The minimum atomic E-state index is -0.247. The van der Waals surface area contributed by atoms with Gasteiger partial charge in [0.25, 0.3) is 0 Å². The Hall–Kier alpha value is -0.370. The van der Waals surface area contributed by atoms with Crippen LogP contribution < -0.4 is 5.73 Å². The number of hydrogen-bond donors (Lipinski definition) is 1. The maximum atomic E-state index is 11.2. The van der Waals surface area contributed by atoms with E-state index >= 15 is 0 Å². The fraction of sp³-hybridized carbons (Fsp3) is 0.938. The molecule has 1 fully saturated rings. The van der Waals surface area contributed by atoms with Crippen LogP contribution >= 0.6 is 0 Å². The molecule has 0 bridgehead atoms. The molecule has 0 spiro atoms. The third-order valence-corrected chi connectivity index (χ3v) is 4.58. The zero-order chi connectivity index (χ0) is 13.4. The number of carbonyl (C=O) groups excluding carboxylic acids is 1. The predicted octanol–water partition coefficient (Wildman–Crippen LogP) is 4.07. The van der Waals surface area contributed by atoms with Crippen molar-refractivity contribution in [3.8, 4) is 0 Å². The van der Waals surface area contributed by atoms with Crippen LogP contribution in [0.3, 0.4) is 0 Å². The van der Waals surface area contributed by atoms with Gasteiger partial charge in [-0.15, -0.1) is 0 Å². The molecular weight excluding hydrogens is 222 g/mol. The number of rotatable bonds is 8. The first-order valence-corrected chi connectivity index (χ1v) is 7.87. The van der Waals surface area contributed by atoms with Gasteiger partial charge in [-0.25, -0.2) is 0 Å². The number of carbonyl (C=O) groups is 1. The van der Waals surface area contributed by atoms with Gasteiger partial charge in [0.2, 0.25) is 0 Å². The third-order valence-electron chi connectivity index (χ3n) is 4.58. The summed E-state index contributed by atoms with van der Waals surface area (Å²) in [5, 5.41) is 0. The van der Waals surface area contributed by atoms with Gasteiger partial charge >= 0.3 is 0 Å². The monoisotopic (exact) mass is 253 g/mol. The summed E-state index contributed by atoms with van der Waals surface area (Å²) in [6.07, 6.45) is 13.7. The number of nitrogens with two attached hydrogens (primary N) is 1. The molecule has 0 aromatic rings. The van der Waals surface area contributed by atoms with Crippen molar-refractivity contribution in [2.75, 3.05) is 0 Å². The highest BCUT2D eigenvalue weighted by Crippen LogP contribution is 2.28. The lowest BCUT2D eigenvalue weighted by atomic mass is 9.85. The first-order valence-electron chi connectivity index (χ1n) is 7.87. The molecule has 0 amide bonds. The number of unbranched alkanes of at least 4 members (excludes halogenated alkanes) is 2. The van der Waals surface area contributed by atoms with Crippen LogP contribution in [0.4, 0.5) is 0 Å². The maximum Gasteiger partial charge on any atom is 0.146 e. The zero-order valence-corrected chi connectivity index (χ0v) is 12.3. The van der Waals surface area contributed by atoms with E-state index in [9.17, 15) is 4.79 Å². The lowest BCUT2D eigenvalue weighted by Gasteiger charge is -2.21. The van der Waals surface area contributed by atoms with Crippen molar-refractivity contribution >= 4 is 5.78 Å². The average molecular weight is 253 g/mol. The van der Waals surface area contributed by atoms with Gasteiger partial charge in [0.05, 0.1) is 6.04 Å². The minimum Gasteiger partial charge on any atom is -0.321 e. The Labute approximate surface area is 113 Å². The molecule has 2 heteroatoms. The van der Waals surface area contributed by atoms with E-state index in [4.69, 9.17) is 5.73 Å². The van der Waals surface area contributed by atoms with Crippen LogP contribution in [-0.4, -0.2) is 11.8 Å². The van der Waals surface area contributed by atoms with Crippen LogP contribution in [0.25, 0.3) is 0 Å². The fourth-order valence-corrected chi connectivity index (χ4v) is 3.13. The summed E-state index contributed by atoms with van der Waals surface area (Å²) >= 11 is 0. The molecule has 2 nitrogen and oxygen atoms in total. The molecular formula is C16H31NO. The van der Waals surface area contributed by atoms with Crippen LogP contribution in [0.1, 0.15) is 78.1 Å². The molecule has 1 saturated carbocycles. The summed E-state index contributed by atoms with van der Waals surface area (Å²) in [5.41, 5.74) is 5.84. The van der Waals surface area contributed by atoms with Gasteiger partial charge in [0.15, 0.2) is 0 Å². The predicted molar refractivity (Wildman–Crippen MR) is 77.5 cm³/mol. The highest BCUT2D eigenvalue weighted by Gasteiger charge is 2.16. The summed E-state index contributed by atoms with van der Waals surface area (Å²) in [4.78, 5) is 11.2. The first kappa shape index (κ1) is 15.7. The van der Waals surface area contributed by atoms with Gasteiger partial charge in [0.1, 0.15) is 5.78 Å². The van der Waals surface area contributed by atoms with Crippen molar-refractivity contribution in [3.63, 3.8) is 0 Å². The molecule has 1 aliphatic rings. The smallest absolute Gasteiger partial charge is 0.146 e. The van der Waals surface area contributed by atoms with E-state index in [2.05, 4.69) is 6.92 Å². The summed E-state index contributed by atoms with van der Waals surface area (Å²) < 4.78 is 0. The van der Waals surface area contributed by atoms with Gasteiger partial charge in [-0.3, -0.25) is 4.79 Å². The Morgan fingerprint density at radius 2 is 1.83 bits per heavy atom. The molecule has 2 N–H and O–H groups in total. The Bertz CT molecular complexity index is 233. The Balaban J connectivity index is 1.99. The molecule has 0 heterocycles. The molecule has 1 rings (SSSR count). The molecule has 2 atom stereocenters. The summed E-state index contributed by atoms with van der Waals surface area (Å²) in [7, 11) is 0. The molecule has 0 aromatic carbocycles. The van der Waals surface area contributed by atoms with Crippen LogP contribution in [0.2, 0.25) is 0 Å². The molecule has 0 aromatic heterocycles. The van der Waals surface area contributed by atoms with Crippen LogP contribution in [-0.2, 0) is 4.79 Å². The van der Waals surface area contributed by atoms with E-state index in [1.165, 1.54) is 57.8 Å². The number of hydrogen-bond acceptors (Lipinski definition) is 2. The molecule has 0 radical (unpaired) electrons. The van der Waals surface area contributed by atoms with Gasteiger partial charge in [0, 0.05) is 0 Å². The SMILES string of the molecule is CC(=O)[C@H](N)[C@@H](C)CCCCCC1CCCCC1. The van der Waals surface area contributed by atoms with E-state index in [1.807, 2.05) is 0 Å². The summed E-state index contributed by atoms with van der Waals surface area (Å²) in [6.45, 7) is 3.71. The molecule has 106 valence electrons. The summed E-state index contributed by atoms with van der Waals surface area (Å²) in [5.74, 6) is 1.48. The van der Waals surface area contributed by atoms with E-state index in [-0.39, 0.29) is 11.8 Å². The molecule has 0 saturated heterocycles. The van der Waals surface area contributed by atoms with Crippen molar-refractivity contribution in [2.24, 2.45) is 17.6 Å². The standard InChI is InChI=1S/C16H31NO/c1-13(16(17)14(2)18)9-5-3-6-10-15-11-7-4-8-12-15/h13,15-16H,3-12,17H2,1-2H3/t13-,16+/m0/s1. The van der Waals surface area contributed by atoms with Gasteiger partial charge in [-0.1, -0.05) is 64.7 Å². The van der Waals surface area contributed by atoms with Gasteiger partial charge in [-0.05, 0) is 25.2 Å². The van der Waals surface area contributed by atoms with E-state index < -0.39 is 0 Å². The second-order valence-electron chi connectivity index (χ2n) is 6.26. The third kappa shape index (κ3) is 5.99. The lowest BCUT2D eigenvalue weighted by molar-refractivity contribution is -0.119. The topological polar surface area (TPSA) is 43.1 Å². The Morgan fingerprint density at radius 1 is 1.17 bits per heavy atom. The van der Waals surface area contributed by atoms with Crippen molar-refractivity contribution in [1.29, 1.82) is 0 Å². The molecule has 0 aliphatic heterocycles. The normalized spacial score (nSPS) is 20.6. The second kappa shape index (κ2) is 8.68. The summed E-state index contributed by atoms with van der Waals surface area (Å²) in [6, 6.07) is -0.247. The van der Waals surface area contributed by atoms with Crippen LogP contribution in [0.5, 0.6) is 0 Å². The maximum absolute atomic E-state index is 11.2. The highest BCUT2D eigenvalue weighted by molar-refractivity contribution is 5.81. The van der Waals surface area contributed by atoms with Crippen molar-refractivity contribution < 1.29 is 4.79 Å². The molecule has 18 heavy (non-hydrogen) atoms. The Kier molecular flexibility index (Phi) is 7.57. The van der Waals surface area contributed by atoms with Crippen molar-refractivity contribution in [2.45, 2.75) is 84.1 Å². The first-order chi connectivity index (χ1) is 8.61. The van der Waals surface area contributed by atoms with E-state index in [0.29, 0.717) is 5.92 Å². The largest absolute Gasteiger partial charge is 0.321 e. The fourth-order valence-electron chi connectivity index (χ4n) is 3.13. The highest BCUT2D eigenvalue weighted by atomic mass is 16.1. The van der Waals surface area contributed by atoms with Gasteiger partial charge in [-0.2, -0.15) is 0 Å². The van der Waals surface area contributed by atoms with Gasteiger partial charge < -0.3 is 5.73 Å². The quantitative estimate of drug-likeness (QED) is 0.663. The van der Waals surface area contributed by atoms with E-state index in [0.717, 1.165) is 12.3 Å². The number of ketones is 1. The second-order valence-corrected chi connectivity index (χ2v) is 6.26. The van der Waals surface area contributed by atoms with Crippen molar-refractivity contribution in [3.05, 3.63) is 0 Å². The Morgan fingerprint density at radius 3 is 2.44 bits per heavy atom. The van der Waals surface area contributed by atoms with E-state index in [1.54, 1.807) is 6.92 Å². The lowest BCUT2D eigenvalue weighted by Crippen LogP contribution is -2.35.